The Hall–Kier alpha value is -1.06. The van der Waals surface area contributed by atoms with Gasteiger partial charge in [0.1, 0.15) is 5.76 Å². The number of ether oxygens (including phenoxy) is 1. The molecule has 1 aliphatic carbocycles. The van der Waals surface area contributed by atoms with Gasteiger partial charge in [-0.25, -0.2) is 0 Å². The molecule has 0 atom stereocenters. The van der Waals surface area contributed by atoms with E-state index in [1.165, 1.54) is 37.1 Å². The molecule has 3 aliphatic rings. The average molecular weight is 246 g/mol. The monoisotopic (exact) mass is 246 g/mol. The Morgan fingerprint density at radius 3 is 2.61 bits per heavy atom. The van der Waals surface area contributed by atoms with Crippen molar-refractivity contribution in [2.45, 2.75) is 18.9 Å². The predicted octanol–water partition coefficient (Wildman–Crippen LogP) is 1.70. The van der Waals surface area contributed by atoms with Crippen molar-refractivity contribution in [3.8, 4) is 0 Å². The molecule has 3 rings (SSSR count). The number of hydrogen-bond donors (Lipinski definition) is 1. The fraction of sp³-hybridized carbons (Fsp3) is 0.600. The quantitative estimate of drug-likeness (QED) is 0.767. The molecule has 0 amide bonds. The summed E-state index contributed by atoms with van der Waals surface area (Å²) in [5.41, 5.74) is 2.97. The van der Waals surface area contributed by atoms with Gasteiger partial charge in [-0.2, -0.15) is 0 Å². The minimum atomic E-state index is 0.381. The Morgan fingerprint density at radius 2 is 2.17 bits per heavy atom. The Bertz CT molecular complexity index is 412. The van der Waals surface area contributed by atoms with Crippen molar-refractivity contribution in [3.05, 3.63) is 36.1 Å². The molecule has 0 aromatic carbocycles. The van der Waals surface area contributed by atoms with Crippen LogP contribution >= 0.6 is 0 Å². The van der Waals surface area contributed by atoms with Crippen molar-refractivity contribution in [2.24, 2.45) is 5.41 Å². The lowest BCUT2D eigenvalue weighted by molar-refractivity contribution is -0.0768. The predicted molar refractivity (Wildman–Crippen MR) is 73.3 cm³/mol. The molecule has 3 nitrogen and oxygen atoms in total. The third kappa shape index (κ3) is 1.91. The molecule has 0 aromatic rings. The summed E-state index contributed by atoms with van der Waals surface area (Å²) in [5, 5.41) is 3.35. The van der Waals surface area contributed by atoms with Gasteiger partial charge in [0.25, 0.3) is 0 Å². The standard InChI is InChI=1S/C15H22N2O/c1-4-14(13-8-17(3)7-11(13)2)18-12-5-15(6-12)9-16-10-15/h4,12,16H,1-2,5-10H2,3H3/b14-13+. The molecule has 0 unspecified atom stereocenters. The topological polar surface area (TPSA) is 24.5 Å². The first kappa shape index (κ1) is 12.0. The van der Waals surface area contributed by atoms with Crippen molar-refractivity contribution in [1.82, 2.24) is 10.2 Å². The molecule has 3 fully saturated rings. The van der Waals surface area contributed by atoms with Crippen LogP contribution in [0.4, 0.5) is 0 Å². The summed E-state index contributed by atoms with van der Waals surface area (Å²) < 4.78 is 6.12. The van der Waals surface area contributed by atoms with Gasteiger partial charge in [0.2, 0.25) is 0 Å². The Balaban J connectivity index is 1.65. The Kier molecular flexibility index (Phi) is 2.83. The summed E-state index contributed by atoms with van der Waals surface area (Å²) in [6.07, 6.45) is 4.61. The SMILES string of the molecule is C=C/C(OC1CC2(CNC2)C1)=C1/CN(C)CC1=C. The van der Waals surface area contributed by atoms with Crippen molar-refractivity contribution < 1.29 is 4.74 Å². The zero-order valence-corrected chi connectivity index (χ0v) is 11.2. The number of likely N-dealkylation sites (tertiary alicyclic amines) is 1. The molecule has 0 radical (unpaired) electrons. The number of nitrogens with zero attached hydrogens (tertiary/aromatic N) is 1. The largest absolute Gasteiger partial charge is 0.490 e. The molecule has 0 aromatic heterocycles. The van der Waals surface area contributed by atoms with Crippen LogP contribution in [-0.2, 0) is 4.74 Å². The van der Waals surface area contributed by atoms with Gasteiger partial charge in [0.05, 0.1) is 6.10 Å². The Labute approximate surface area is 109 Å². The van der Waals surface area contributed by atoms with Crippen LogP contribution in [0.2, 0.25) is 0 Å². The minimum absolute atomic E-state index is 0.381. The highest BCUT2D eigenvalue weighted by Crippen LogP contribution is 2.46. The zero-order valence-electron chi connectivity index (χ0n) is 11.2. The Morgan fingerprint density at radius 1 is 1.44 bits per heavy atom. The molecule has 1 saturated carbocycles. The normalized spacial score (nSPS) is 29.9. The number of nitrogens with one attached hydrogen (secondary N) is 1. The van der Waals surface area contributed by atoms with Crippen molar-refractivity contribution >= 4 is 0 Å². The van der Waals surface area contributed by atoms with E-state index in [0.29, 0.717) is 11.5 Å². The minimum Gasteiger partial charge on any atom is -0.490 e. The first-order valence-corrected chi connectivity index (χ1v) is 6.71. The van der Waals surface area contributed by atoms with Crippen LogP contribution in [0.1, 0.15) is 12.8 Å². The van der Waals surface area contributed by atoms with Gasteiger partial charge in [-0.05, 0) is 31.5 Å². The van der Waals surface area contributed by atoms with Gasteiger partial charge in [0, 0.05) is 37.2 Å². The molecule has 3 heteroatoms. The van der Waals surface area contributed by atoms with Crippen LogP contribution in [-0.4, -0.2) is 44.2 Å². The van der Waals surface area contributed by atoms with E-state index in [1.54, 1.807) is 0 Å². The van der Waals surface area contributed by atoms with E-state index in [2.05, 4.69) is 30.4 Å². The van der Waals surface area contributed by atoms with Gasteiger partial charge in [-0.1, -0.05) is 13.2 Å². The number of rotatable bonds is 3. The van der Waals surface area contributed by atoms with Crippen molar-refractivity contribution in [3.63, 3.8) is 0 Å². The van der Waals surface area contributed by atoms with E-state index in [-0.39, 0.29) is 0 Å². The second-order valence-corrected chi connectivity index (χ2v) is 6.07. The summed E-state index contributed by atoms with van der Waals surface area (Å²) in [5.74, 6) is 0.955. The van der Waals surface area contributed by atoms with Crippen LogP contribution < -0.4 is 5.32 Å². The highest BCUT2D eigenvalue weighted by Gasteiger charge is 2.49. The summed E-state index contributed by atoms with van der Waals surface area (Å²) in [7, 11) is 2.11. The maximum absolute atomic E-state index is 6.12. The molecule has 2 aliphatic heterocycles. The van der Waals surface area contributed by atoms with Crippen LogP contribution in [0.3, 0.4) is 0 Å². The van der Waals surface area contributed by atoms with E-state index in [0.717, 1.165) is 18.8 Å². The highest BCUT2D eigenvalue weighted by molar-refractivity contribution is 5.40. The smallest absolute Gasteiger partial charge is 0.123 e. The number of allylic oxidation sites excluding steroid dienone is 1. The van der Waals surface area contributed by atoms with Gasteiger partial charge >= 0.3 is 0 Å². The van der Waals surface area contributed by atoms with E-state index in [9.17, 15) is 0 Å². The van der Waals surface area contributed by atoms with Crippen LogP contribution in [0.5, 0.6) is 0 Å². The molecule has 1 N–H and O–H groups in total. The maximum atomic E-state index is 6.12. The summed E-state index contributed by atoms with van der Waals surface area (Å²) >= 11 is 0. The zero-order chi connectivity index (χ0) is 12.8. The van der Waals surface area contributed by atoms with Gasteiger partial charge in [-0.3, -0.25) is 4.90 Å². The van der Waals surface area contributed by atoms with Crippen LogP contribution in [0.25, 0.3) is 0 Å². The summed E-state index contributed by atoms with van der Waals surface area (Å²) in [6, 6.07) is 0. The lowest BCUT2D eigenvalue weighted by Crippen LogP contribution is -2.62. The summed E-state index contributed by atoms with van der Waals surface area (Å²) in [6.45, 7) is 12.2. The summed E-state index contributed by atoms with van der Waals surface area (Å²) in [4.78, 5) is 2.25. The van der Waals surface area contributed by atoms with Gasteiger partial charge in [-0.15, -0.1) is 0 Å². The molecular weight excluding hydrogens is 224 g/mol. The van der Waals surface area contributed by atoms with E-state index < -0.39 is 0 Å². The fourth-order valence-electron chi connectivity index (χ4n) is 3.29. The first-order valence-electron chi connectivity index (χ1n) is 6.71. The lowest BCUT2D eigenvalue weighted by Gasteiger charge is -2.53. The highest BCUT2D eigenvalue weighted by atomic mass is 16.5. The molecule has 0 bridgehead atoms. The number of likely N-dealkylation sites (N-methyl/N-ethyl adjacent to an activating group) is 1. The molecule has 2 saturated heterocycles. The molecule has 18 heavy (non-hydrogen) atoms. The molecule has 2 heterocycles. The second kappa shape index (κ2) is 4.25. The van der Waals surface area contributed by atoms with Crippen LogP contribution in [0, 0.1) is 5.41 Å². The van der Waals surface area contributed by atoms with E-state index >= 15 is 0 Å². The van der Waals surface area contributed by atoms with Crippen molar-refractivity contribution in [2.75, 3.05) is 33.2 Å². The van der Waals surface area contributed by atoms with Crippen LogP contribution in [0.15, 0.2) is 36.1 Å². The van der Waals surface area contributed by atoms with Crippen molar-refractivity contribution in [1.29, 1.82) is 0 Å². The first-order chi connectivity index (χ1) is 8.62. The third-order valence-corrected chi connectivity index (χ3v) is 4.41. The second-order valence-electron chi connectivity index (χ2n) is 6.07. The maximum Gasteiger partial charge on any atom is 0.123 e. The van der Waals surface area contributed by atoms with Gasteiger partial charge < -0.3 is 10.1 Å². The average Bonchev–Trinajstić information content (AvgIpc) is 2.54. The van der Waals surface area contributed by atoms with E-state index in [4.69, 9.17) is 4.74 Å². The lowest BCUT2D eigenvalue weighted by atomic mass is 9.63. The third-order valence-electron chi connectivity index (χ3n) is 4.41. The number of hydrogen-bond acceptors (Lipinski definition) is 3. The van der Waals surface area contributed by atoms with E-state index in [1.807, 2.05) is 6.08 Å². The molecule has 98 valence electrons. The fourth-order valence-corrected chi connectivity index (χ4v) is 3.29. The molecule has 1 spiro atoms. The van der Waals surface area contributed by atoms with Gasteiger partial charge in [0.15, 0.2) is 0 Å². The molecular formula is C15H22N2O.